The average Bonchev–Trinajstić information content (AvgIpc) is 2.48. The van der Waals surface area contributed by atoms with Gasteiger partial charge in [-0.25, -0.2) is 4.79 Å². The molecule has 1 aliphatic rings. The van der Waals surface area contributed by atoms with Crippen LogP contribution in [0.15, 0.2) is 5.10 Å². The zero-order valence-corrected chi connectivity index (χ0v) is 9.76. The molecule has 5 heteroatoms. The van der Waals surface area contributed by atoms with Crippen molar-refractivity contribution in [1.82, 2.24) is 5.01 Å². The zero-order valence-electron chi connectivity index (χ0n) is 8.94. The van der Waals surface area contributed by atoms with E-state index in [1.54, 1.807) is 7.05 Å². The Kier molecular flexibility index (Phi) is 3.09. The highest BCUT2D eigenvalue weighted by molar-refractivity contribution is 8.15. The van der Waals surface area contributed by atoms with E-state index in [2.05, 4.69) is 25.9 Å². The van der Waals surface area contributed by atoms with Crippen molar-refractivity contribution in [2.75, 3.05) is 7.05 Å². The van der Waals surface area contributed by atoms with Crippen LogP contribution in [0.1, 0.15) is 27.2 Å². The maximum atomic E-state index is 10.8. The number of carboxylic acid groups (broad SMARTS) is 1. The zero-order chi connectivity index (χ0) is 10.9. The SMILES string of the molecule is CCC(C)(C)C1=NN(C)C(C(=O)O)S1. The van der Waals surface area contributed by atoms with E-state index in [1.807, 2.05) is 0 Å². The van der Waals surface area contributed by atoms with Crippen LogP contribution < -0.4 is 0 Å². The highest BCUT2D eigenvalue weighted by Gasteiger charge is 2.37. The molecule has 1 rings (SSSR count). The van der Waals surface area contributed by atoms with Gasteiger partial charge in [0.25, 0.3) is 0 Å². The topological polar surface area (TPSA) is 52.9 Å². The minimum absolute atomic E-state index is 0.0247. The number of nitrogens with zero attached hydrogens (tertiary/aromatic N) is 2. The number of hydrazone groups is 1. The van der Waals surface area contributed by atoms with Crippen LogP contribution >= 0.6 is 11.8 Å². The summed E-state index contributed by atoms with van der Waals surface area (Å²) < 4.78 is 0. The largest absolute Gasteiger partial charge is 0.479 e. The Hall–Kier alpha value is -0.710. The van der Waals surface area contributed by atoms with Crippen molar-refractivity contribution in [3.63, 3.8) is 0 Å². The van der Waals surface area contributed by atoms with Gasteiger partial charge in [0.2, 0.25) is 0 Å². The lowest BCUT2D eigenvalue weighted by molar-refractivity contribution is -0.139. The van der Waals surface area contributed by atoms with Gasteiger partial charge in [0.05, 0.1) is 0 Å². The molecule has 0 saturated heterocycles. The van der Waals surface area contributed by atoms with E-state index in [0.29, 0.717) is 0 Å². The molecule has 0 aromatic heterocycles. The first-order valence-electron chi connectivity index (χ1n) is 4.60. The highest BCUT2D eigenvalue weighted by atomic mass is 32.2. The number of hydrogen-bond donors (Lipinski definition) is 1. The number of likely N-dealkylation sites (N-methyl/N-ethyl adjacent to an activating group) is 1. The van der Waals surface area contributed by atoms with Gasteiger partial charge in [-0.1, -0.05) is 32.5 Å². The number of thioether (sulfide) groups is 1. The molecular formula is C9H16N2O2S. The van der Waals surface area contributed by atoms with E-state index in [-0.39, 0.29) is 5.41 Å². The van der Waals surface area contributed by atoms with E-state index >= 15 is 0 Å². The summed E-state index contributed by atoms with van der Waals surface area (Å²) in [4.78, 5) is 10.8. The number of carboxylic acids is 1. The smallest absolute Gasteiger partial charge is 0.338 e. The predicted molar refractivity (Wildman–Crippen MR) is 58.3 cm³/mol. The van der Waals surface area contributed by atoms with Gasteiger partial charge in [-0.2, -0.15) is 5.10 Å². The summed E-state index contributed by atoms with van der Waals surface area (Å²) in [6, 6.07) is 0. The van der Waals surface area contributed by atoms with Gasteiger partial charge in [0.1, 0.15) is 5.04 Å². The van der Waals surface area contributed by atoms with E-state index in [4.69, 9.17) is 5.11 Å². The lowest BCUT2D eigenvalue weighted by Gasteiger charge is -2.20. The maximum Gasteiger partial charge on any atom is 0.338 e. The standard InChI is InChI=1S/C9H16N2O2S/c1-5-9(2,3)8-10-11(4)6(14-8)7(12)13/h6H,5H2,1-4H3,(H,12,13). The summed E-state index contributed by atoms with van der Waals surface area (Å²) in [5.41, 5.74) is -0.0247. The van der Waals surface area contributed by atoms with Crippen LogP contribution in [0.5, 0.6) is 0 Å². The van der Waals surface area contributed by atoms with Crippen molar-refractivity contribution >= 4 is 22.8 Å². The fourth-order valence-corrected chi connectivity index (χ4v) is 2.21. The van der Waals surface area contributed by atoms with Gasteiger partial charge in [-0.05, 0) is 6.42 Å². The Morgan fingerprint density at radius 1 is 1.71 bits per heavy atom. The molecule has 1 unspecified atom stereocenters. The number of rotatable bonds is 3. The molecular weight excluding hydrogens is 200 g/mol. The van der Waals surface area contributed by atoms with Crippen molar-refractivity contribution in [2.45, 2.75) is 32.6 Å². The normalized spacial score (nSPS) is 22.4. The van der Waals surface area contributed by atoms with Crippen LogP contribution in [0.4, 0.5) is 0 Å². The Balaban J connectivity index is 2.79. The summed E-state index contributed by atoms with van der Waals surface area (Å²) in [6.07, 6.45) is 0.957. The Bertz CT molecular complexity index is 276. The first-order chi connectivity index (χ1) is 6.38. The molecule has 4 nitrogen and oxygen atoms in total. The van der Waals surface area contributed by atoms with Gasteiger partial charge in [0, 0.05) is 12.5 Å². The molecule has 80 valence electrons. The second-order valence-electron chi connectivity index (χ2n) is 4.02. The molecule has 0 saturated carbocycles. The van der Waals surface area contributed by atoms with Crippen LogP contribution in [0, 0.1) is 5.41 Å². The summed E-state index contributed by atoms with van der Waals surface area (Å²) in [5.74, 6) is -0.830. The summed E-state index contributed by atoms with van der Waals surface area (Å²) in [6.45, 7) is 6.24. The van der Waals surface area contributed by atoms with Crippen molar-refractivity contribution < 1.29 is 9.90 Å². The van der Waals surface area contributed by atoms with Crippen LogP contribution in [-0.4, -0.2) is 33.6 Å². The molecule has 0 bridgehead atoms. The minimum Gasteiger partial charge on any atom is -0.479 e. The monoisotopic (exact) mass is 216 g/mol. The molecule has 14 heavy (non-hydrogen) atoms. The molecule has 0 aromatic rings. The summed E-state index contributed by atoms with van der Waals surface area (Å²) in [7, 11) is 1.70. The summed E-state index contributed by atoms with van der Waals surface area (Å²) in [5, 5.41) is 15.0. The van der Waals surface area contributed by atoms with E-state index in [0.717, 1.165) is 11.5 Å². The van der Waals surface area contributed by atoms with E-state index in [1.165, 1.54) is 16.8 Å². The third-order valence-corrected chi connectivity index (χ3v) is 4.07. The second-order valence-corrected chi connectivity index (χ2v) is 5.09. The molecule has 0 spiro atoms. The predicted octanol–water partition coefficient (Wildman–Crippen LogP) is 1.83. The maximum absolute atomic E-state index is 10.8. The van der Waals surface area contributed by atoms with Crippen LogP contribution in [0.2, 0.25) is 0 Å². The molecule has 1 atom stereocenters. The first-order valence-corrected chi connectivity index (χ1v) is 5.48. The molecule has 0 fully saturated rings. The molecule has 0 aliphatic carbocycles. The molecule has 1 N–H and O–H groups in total. The van der Waals surface area contributed by atoms with E-state index in [9.17, 15) is 4.79 Å². The highest BCUT2D eigenvalue weighted by Crippen LogP contribution is 2.36. The Labute approximate surface area is 88.4 Å². The fourth-order valence-electron chi connectivity index (χ4n) is 1.06. The molecule has 0 aromatic carbocycles. The number of carbonyl (C=O) groups is 1. The van der Waals surface area contributed by atoms with Crippen molar-refractivity contribution in [3.8, 4) is 0 Å². The molecule has 1 heterocycles. The molecule has 1 aliphatic heterocycles. The Morgan fingerprint density at radius 2 is 2.29 bits per heavy atom. The Morgan fingerprint density at radius 3 is 2.64 bits per heavy atom. The van der Waals surface area contributed by atoms with Crippen molar-refractivity contribution in [2.24, 2.45) is 10.5 Å². The van der Waals surface area contributed by atoms with Gasteiger partial charge < -0.3 is 5.11 Å². The number of hydrogen-bond acceptors (Lipinski definition) is 4. The average molecular weight is 216 g/mol. The lowest BCUT2D eigenvalue weighted by Crippen LogP contribution is -2.28. The van der Waals surface area contributed by atoms with Gasteiger partial charge in [-0.15, -0.1) is 0 Å². The molecule has 0 amide bonds. The van der Waals surface area contributed by atoms with Gasteiger partial charge in [0.15, 0.2) is 5.37 Å². The fraction of sp³-hybridized carbons (Fsp3) is 0.778. The van der Waals surface area contributed by atoms with Crippen LogP contribution in [0.3, 0.4) is 0 Å². The van der Waals surface area contributed by atoms with Crippen molar-refractivity contribution in [3.05, 3.63) is 0 Å². The number of aliphatic carboxylic acids is 1. The van der Waals surface area contributed by atoms with Gasteiger partial charge >= 0.3 is 5.97 Å². The second kappa shape index (κ2) is 3.81. The summed E-state index contributed by atoms with van der Waals surface area (Å²) >= 11 is 1.33. The van der Waals surface area contributed by atoms with Crippen molar-refractivity contribution in [1.29, 1.82) is 0 Å². The third kappa shape index (κ3) is 2.03. The minimum atomic E-state index is -0.830. The molecule has 0 radical (unpaired) electrons. The quantitative estimate of drug-likeness (QED) is 0.782. The first kappa shape index (κ1) is 11.4. The van der Waals surface area contributed by atoms with Crippen LogP contribution in [-0.2, 0) is 4.79 Å². The van der Waals surface area contributed by atoms with Crippen LogP contribution in [0.25, 0.3) is 0 Å². The van der Waals surface area contributed by atoms with E-state index < -0.39 is 11.3 Å². The lowest BCUT2D eigenvalue weighted by atomic mass is 9.92. The third-order valence-electron chi connectivity index (χ3n) is 2.49. The van der Waals surface area contributed by atoms with Gasteiger partial charge in [-0.3, -0.25) is 5.01 Å².